The number of carbonyl (C=O) groups excluding carboxylic acids is 2. The third-order valence-corrected chi connectivity index (χ3v) is 6.80. The fourth-order valence-electron chi connectivity index (χ4n) is 3.88. The van der Waals surface area contributed by atoms with E-state index in [1.165, 1.54) is 19.9 Å². The van der Waals surface area contributed by atoms with Crippen LogP contribution in [0.5, 0.6) is 23.0 Å². The molecule has 1 heterocycles. The molecule has 2 aromatic carbocycles. The maximum absolute atomic E-state index is 14.0. The summed E-state index contributed by atoms with van der Waals surface area (Å²) in [5.41, 5.74) is -1.28. The van der Waals surface area contributed by atoms with Gasteiger partial charge in [0.25, 0.3) is 0 Å². The van der Waals surface area contributed by atoms with Crippen LogP contribution in [-0.4, -0.2) is 42.7 Å². The molecule has 3 aromatic rings. The van der Waals surface area contributed by atoms with Gasteiger partial charge in [-0.15, -0.1) is 6.58 Å². The van der Waals surface area contributed by atoms with Crippen molar-refractivity contribution >= 4 is 28.4 Å². The smallest absolute Gasteiger partial charge is 0.240 e. The van der Waals surface area contributed by atoms with Crippen molar-refractivity contribution < 1.29 is 28.2 Å². The average molecular weight is 508 g/mol. The van der Waals surface area contributed by atoms with Gasteiger partial charge in [0.15, 0.2) is 11.5 Å². The highest BCUT2D eigenvalue weighted by Gasteiger charge is 2.57. The molecular weight excluding hydrogens is 477 g/mol. The van der Waals surface area contributed by atoms with E-state index in [9.17, 15) is 14.0 Å². The Morgan fingerprint density at radius 3 is 2.30 bits per heavy atom. The normalized spacial score (nSPS) is 16.1. The minimum absolute atomic E-state index is 0.392. The monoisotopic (exact) mass is 507 g/mol. The SMILES string of the molecule is C=CC(C)(NC(=O)C1(C(=O)Nc2ccc(Oc3ccnc4cc(OC)c(OC)cc34)cc2)CC1)[C@@H](C)F. The quantitative estimate of drug-likeness (QED) is 0.290. The van der Waals surface area contributed by atoms with Crippen LogP contribution >= 0.6 is 0 Å². The van der Waals surface area contributed by atoms with Crippen LogP contribution in [0.1, 0.15) is 26.7 Å². The maximum atomic E-state index is 14.0. The summed E-state index contributed by atoms with van der Waals surface area (Å²) in [5, 5.41) is 6.18. The standard InChI is InChI=1S/C28H30FN3O5/c1-6-27(3,17(2)29)32-26(34)28(12-13-28)25(33)31-18-7-9-19(10-8-18)37-22-11-14-30-21-16-24(36-5)23(35-4)15-20(21)22/h6-11,14-17H,1,12-13H2,2-5H3,(H,31,33)(H,32,34)/t17-,27?/m1/s1. The Labute approximate surface area is 214 Å². The van der Waals surface area contributed by atoms with Crippen LogP contribution in [-0.2, 0) is 9.59 Å². The van der Waals surface area contributed by atoms with E-state index >= 15 is 0 Å². The van der Waals surface area contributed by atoms with E-state index in [0.29, 0.717) is 47.0 Å². The number of rotatable bonds is 10. The number of pyridine rings is 1. The number of aromatic nitrogens is 1. The number of methoxy groups -OCH3 is 2. The van der Waals surface area contributed by atoms with Crippen LogP contribution in [0.2, 0.25) is 0 Å². The minimum atomic E-state index is -1.36. The second-order valence-electron chi connectivity index (χ2n) is 9.25. The molecule has 0 bridgehead atoms. The Morgan fingerprint density at radius 2 is 1.73 bits per heavy atom. The first-order valence-corrected chi connectivity index (χ1v) is 11.9. The average Bonchev–Trinajstić information content (AvgIpc) is 3.71. The van der Waals surface area contributed by atoms with E-state index in [0.717, 1.165) is 5.39 Å². The summed E-state index contributed by atoms with van der Waals surface area (Å²) in [6, 6.07) is 12.1. The number of benzene rings is 2. The van der Waals surface area contributed by atoms with Gasteiger partial charge in [-0.1, -0.05) is 6.08 Å². The molecule has 9 heteroatoms. The predicted octanol–water partition coefficient (Wildman–Crippen LogP) is 5.18. The highest BCUT2D eigenvalue weighted by molar-refractivity contribution is 6.13. The molecule has 2 N–H and O–H groups in total. The fourth-order valence-corrected chi connectivity index (χ4v) is 3.88. The maximum Gasteiger partial charge on any atom is 0.240 e. The number of ether oxygens (including phenoxy) is 3. The lowest BCUT2D eigenvalue weighted by Gasteiger charge is -2.30. The molecule has 1 aliphatic carbocycles. The summed E-state index contributed by atoms with van der Waals surface area (Å²) in [6.07, 6.45) is 2.41. The van der Waals surface area contributed by atoms with Crippen molar-refractivity contribution in [3.05, 3.63) is 61.3 Å². The number of amides is 2. The van der Waals surface area contributed by atoms with E-state index in [1.54, 1.807) is 62.9 Å². The van der Waals surface area contributed by atoms with Gasteiger partial charge in [-0.25, -0.2) is 4.39 Å². The van der Waals surface area contributed by atoms with Gasteiger partial charge in [-0.2, -0.15) is 0 Å². The number of alkyl halides is 1. The van der Waals surface area contributed by atoms with Crippen LogP contribution in [0.3, 0.4) is 0 Å². The number of nitrogens with one attached hydrogen (secondary N) is 2. The van der Waals surface area contributed by atoms with Crippen molar-refractivity contribution in [3.8, 4) is 23.0 Å². The van der Waals surface area contributed by atoms with Gasteiger partial charge in [0.1, 0.15) is 23.1 Å². The second kappa shape index (κ2) is 10.1. The summed E-state index contributed by atoms with van der Waals surface area (Å²) in [4.78, 5) is 30.2. The Hall–Kier alpha value is -4.14. The lowest BCUT2D eigenvalue weighted by molar-refractivity contribution is -0.135. The first kappa shape index (κ1) is 25.9. The third-order valence-electron chi connectivity index (χ3n) is 6.80. The number of hydrogen-bond donors (Lipinski definition) is 2. The molecule has 8 nitrogen and oxygen atoms in total. The molecule has 1 fully saturated rings. The molecule has 1 aliphatic rings. The Bertz CT molecular complexity index is 1340. The minimum Gasteiger partial charge on any atom is -0.493 e. The summed E-state index contributed by atoms with van der Waals surface area (Å²) < 4.78 is 30.8. The Balaban J connectivity index is 1.46. The Kier molecular flexibility index (Phi) is 7.07. The molecule has 0 saturated heterocycles. The van der Waals surface area contributed by atoms with E-state index < -0.39 is 28.9 Å². The first-order valence-electron chi connectivity index (χ1n) is 11.9. The van der Waals surface area contributed by atoms with Gasteiger partial charge in [-0.3, -0.25) is 14.6 Å². The van der Waals surface area contributed by atoms with Crippen molar-refractivity contribution in [2.45, 2.75) is 38.4 Å². The lowest BCUT2D eigenvalue weighted by atomic mass is 9.94. The van der Waals surface area contributed by atoms with Gasteiger partial charge in [0.05, 0.1) is 25.3 Å². The van der Waals surface area contributed by atoms with E-state index in [-0.39, 0.29) is 0 Å². The molecule has 2 amide bonds. The van der Waals surface area contributed by atoms with Gasteiger partial charge in [-0.05, 0) is 63.1 Å². The first-order chi connectivity index (χ1) is 17.7. The summed E-state index contributed by atoms with van der Waals surface area (Å²) in [6.45, 7) is 6.49. The van der Waals surface area contributed by atoms with Gasteiger partial charge in [0.2, 0.25) is 11.8 Å². The predicted molar refractivity (Wildman–Crippen MR) is 139 cm³/mol. The van der Waals surface area contributed by atoms with Crippen molar-refractivity contribution in [2.75, 3.05) is 19.5 Å². The van der Waals surface area contributed by atoms with Crippen molar-refractivity contribution in [1.29, 1.82) is 0 Å². The Morgan fingerprint density at radius 1 is 1.08 bits per heavy atom. The zero-order valence-corrected chi connectivity index (χ0v) is 21.3. The number of fused-ring (bicyclic) bond motifs is 1. The number of anilines is 1. The summed E-state index contributed by atoms with van der Waals surface area (Å²) in [7, 11) is 3.12. The molecule has 0 spiro atoms. The van der Waals surface area contributed by atoms with E-state index in [1.807, 2.05) is 0 Å². The van der Waals surface area contributed by atoms with Gasteiger partial charge in [0, 0.05) is 23.3 Å². The molecule has 37 heavy (non-hydrogen) atoms. The molecule has 194 valence electrons. The van der Waals surface area contributed by atoms with Crippen LogP contribution in [0.15, 0.2) is 61.3 Å². The largest absolute Gasteiger partial charge is 0.493 e. The van der Waals surface area contributed by atoms with Gasteiger partial charge < -0.3 is 24.8 Å². The number of carbonyl (C=O) groups is 2. The molecule has 1 aromatic heterocycles. The number of halogens is 1. The number of hydrogen-bond acceptors (Lipinski definition) is 6. The zero-order chi connectivity index (χ0) is 26.8. The topological polar surface area (TPSA) is 98.8 Å². The van der Waals surface area contributed by atoms with Crippen LogP contribution in [0, 0.1) is 5.41 Å². The molecule has 4 rings (SSSR count). The molecule has 0 aliphatic heterocycles. The van der Waals surface area contributed by atoms with Crippen LogP contribution in [0.4, 0.5) is 10.1 Å². The van der Waals surface area contributed by atoms with Crippen LogP contribution < -0.4 is 24.8 Å². The molecule has 2 atom stereocenters. The number of nitrogens with zero attached hydrogens (tertiary/aromatic N) is 1. The molecule has 0 radical (unpaired) electrons. The summed E-state index contributed by atoms with van der Waals surface area (Å²) in [5.74, 6) is 1.29. The van der Waals surface area contributed by atoms with Crippen molar-refractivity contribution in [2.24, 2.45) is 5.41 Å². The van der Waals surface area contributed by atoms with E-state index in [2.05, 4.69) is 22.2 Å². The molecule has 1 unspecified atom stereocenters. The lowest BCUT2D eigenvalue weighted by Crippen LogP contribution is -2.54. The fraction of sp³-hybridized carbons (Fsp3) is 0.321. The highest BCUT2D eigenvalue weighted by atomic mass is 19.1. The highest BCUT2D eigenvalue weighted by Crippen LogP contribution is 2.47. The van der Waals surface area contributed by atoms with Crippen molar-refractivity contribution in [3.63, 3.8) is 0 Å². The van der Waals surface area contributed by atoms with Crippen LogP contribution in [0.25, 0.3) is 10.9 Å². The molecule has 1 saturated carbocycles. The van der Waals surface area contributed by atoms with Crippen molar-refractivity contribution in [1.82, 2.24) is 10.3 Å². The van der Waals surface area contributed by atoms with E-state index in [4.69, 9.17) is 14.2 Å². The van der Waals surface area contributed by atoms with Gasteiger partial charge >= 0.3 is 0 Å². The zero-order valence-electron chi connectivity index (χ0n) is 21.3. The second-order valence-corrected chi connectivity index (χ2v) is 9.25. The third kappa shape index (κ3) is 5.07. The molecular formula is C28H30FN3O5. The summed E-state index contributed by atoms with van der Waals surface area (Å²) >= 11 is 0.